The number of carbonyl (C=O) groups excluding carboxylic acids is 1. The minimum atomic E-state index is -0.109. The van der Waals surface area contributed by atoms with Crippen LogP contribution in [0.3, 0.4) is 0 Å². The van der Waals surface area contributed by atoms with E-state index in [2.05, 4.69) is 5.32 Å². The fourth-order valence-electron chi connectivity index (χ4n) is 2.92. The summed E-state index contributed by atoms with van der Waals surface area (Å²) in [6, 6.07) is 5.61. The second kappa shape index (κ2) is 7.91. The number of carbonyl (C=O) groups is 1. The van der Waals surface area contributed by atoms with E-state index >= 15 is 0 Å². The minimum Gasteiger partial charge on any atom is -0.493 e. The van der Waals surface area contributed by atoms with Gasteiger partial charge in [0.1, 0.15) is 11.3 Å². The summed E-state index contributed by atoms with van der Waals surface area (Å²) in [5.41, 5.74) is 6.92. The molecule has 0 atom stereocenters. The van der Waals surface area contributed by atoms with E-state index in [1.54, 1.807) is 12.1 Å². The van der Waals surface area contributed by atoms with Gasteiger partial charge in [-0.15, -0.1) is 0 Å². The number of ether oxygens (including phenoxy) is 1. The second-order valence-electron chi connectivity index (χ2n) is 5.67. The van der Waals surface area contributed by atoms with Gasteiger partial charge in [0.2, 0.25) is 0 Å². The van der Waals surface area contributed by atoms with Gasteiger partial charge in [-0.3, -0.25) is 4.79 Å². The zero-order valence-electron chi connectivity index (χ0n) is 12.9. The number of anilines is 1. The molecule has 1 amide bonds. The third kappa shape index (κ3) is 4.38. The summed E-state index contributed by atoms with van der Waals surface area (Å²) in [5.74, 6) is 0.461. The van der Waals surface area contributed by atoms with Gasteiger partial charge in [0.15, 0.2) is 0 Å². The molecule has 1 aromatic carbocycles. The van der Waals surface area contributed by atoms with E-state index in [9.17, 15) is 4.79 Å². The third-order valence-corrected chi connectivity index (χ3v) is 4.03. The van der Waals surface area contributed by atoms with E-state index < -0.39 is 0 Å². The highest BCUT2D eigenvalue weighted by atomic mass is 16.5. The van der Waals surface area contributed by atoms with Gasteiger partial charge >= 0.3 is 0 Å². The molecule has 0 radical (unpaired) electrons. The predicted octanol–water partition coefficient (Wildman–Crippen LogP) is 3.51. The summed E-state index contributed by atoms with van der Waals surface area (Å²) in [4.78, 5) is 12.6. The Kier molecular flexibility index (Phi) is 5.90. The molecule has 0 saturated heterocycles. The summed E-state index contributed by atoms with van der Waals surface area (Å²) in [5, 5.41) is 3.14. The molecule has 2 rings (SSSR count). The monoisotopic (exact) mass is 290 g/mol. The van der Waals surface area contributed by atoms with Crippen LogP contribution in [0, 0.1) is 0 Å². The summed E-state index contributed by atoms with van der Waals surface area (Å²) in [6.45, 7) is 2.42. The molecule has 0 spiro atoms. The molecule has 1 aliphatic carbocycles. The first-order valence-electron chi connectivity index (χ1n) is 8.04. The molecule has 21 heavy (non-hydrogen) atoms. The highest BCUT2D eigenvalue weighted by molar-refractivity contribution is 6.02. The van der Waals surface area contributed by atoms with Crippen molar-refractivity contribution in [1.29, 1.82) is 0 Å². The van der Waals surface area contributed by atoms with Gasteiger partial charge in [-0.25, -0.2) is 0 Å². The van der Waals surface area contributed by atoms with Crippen molar-refractivity contribution in [2.24, 2.45) is 0 Å². The van der Waals surface area contributed by atoms with E-state index in [4.69, 9.17) is 10.5 Å². The molecule has 4 nitrogen and oxygen atoms in total. The lowest BCUT2D eigenvalue weighted by molar-refractivity contribution is 0.0927. The van der Waals surface area contributed by atoms with Crippen molar-refractivity contribution in [2.45, 2.75) is 57.9 Å². The molecule has 1 saturated carbocycles. The number of hydrogen-bond acceptors (Lipinski definition) is 3. The Hall–Kier alpha value is -1.71. The van der Waals surface area contributed by atoms with Crippen molar-refractivity contribution in [1.82, 2.24) is 5.32 Å². The van der Waals surface area contributed by atoms with Gasteiger partial charge < -0.3 is 15.8 Å². The SMILES string of the molecule is CCOc1cccc(N)c1C(=O)NC1CCCCCCC1. The highest BCUT2D eigenvalue weighted by Gasteiger charge is 2.20. The van der Waals surface area contributed by atoms with Crippen LogP contribution < -0.4 is 15.8 Å². The van der Waals surface area contributed by atoms with Gasteiger partial charge in [-0.2, -0.15) is 0 Å². The summed E-state index contributed by atoms with van der Waals surface area (Å²) >= 11 is 0. The summed E-state index contributed by atoms with van der Waals surface area (Å²) < 4.78 is 5.53. The van der Waals surface area contributed by atoms with Crippen LogP contribution in [0.1, 0.15) is 62.2 Å². The smallest absolute Gasteiger partial charge is 0.257 e. The number of hydrogen-bond donors (Lipinski definition) is 2. The van der Waals surface area contributed by atoms with E-state index in [-0.39, 0.29) is 11.9 Å². The van der Waals surface area contributed by atoms with Crippen LogP contribution in [-0.2, 0) is 0 Å². The molecule has 1 fully saturated rings. The molecular weight excluding hydrogens is 264 g/mol. The number of nitrogens with two attached hydrogens (primary N) is 1. The molecule has 116 valence electrons. The van der Waals surface area contributed by atoms with E-state index in [1.165, 1.54) is 32.1 Å². The summed E-state index contributed by atoms with van der Waals surface area (Å²) in [7, 11) is 0. The average Bonchev–Trinajstić information content (AvgIpc) is 2.42. The van der Waals surface area contributed by atoms with Crippen LogP contribution >= 0.6 is 0 Å². The highest BCUT2D eigenvalue weighted by Crippen LogP contribution is 2.25. The van der Waals surface area contributed by atoms with Gasteiger partial charge in [0, 0.05) is 11.7 Å². The standard InChI is InChI=1S/C17H26N2O2/c1-2-21-15-12-8-11-14(18)16(15)17(20)19-13-9-6-4-3-5-7-10-13/h8,11-13H,2-7,9-10,18H2,1H3,(H,19,20). The van der Waals surface area contributed by atoms with Crippen molar-refractivity contribution in [3.63, 3.8) is 0 Å². The topological polar surface area (TPSA) is 64.3 Å². The third-order valence-electron chi connectivity index (χ3n) is 4.03. The molecule has 0 heterocycles. The molecule has 1 aromatic rings. The average molecular weight is 290 g/mol. The molecule has 4 heteroatoms. The lowest BCUT2D eigenvalue weighted by atomic mass is 9.96. The minimum absolute atomic E-state index is 0.109. The fourth-order valence-corrected chi connectivity index (χ4v) is 2.92. The number of nitrogens with one attached hydrogen (secondary N) is 1. The maximum atomic E-state index is 12.6. The van der Waals surface area contributed by atoms with Gasteiger partial charge in [-0.1, -0.05) is 38.2 Å². The molecule has 0 aromatic heterocycles. The first kappa shape index (κ1) is 15.7. The summed E-state index contributed by atoms with van der Waals surface area (Å²) in [6.07, 6.45) is 8.35. The Bertz CT molecular complexity index is 466. The van der Waals surface area contributed by atoms with E-state index in [1.807, 2.05) is 13.0 Å². The maximum Gasteiger partial charge on any atom is 0.257 e. The largest absolute Gasteiger partial charge is 0.493 e. The zero-order valence-corrected chi connectivity index (χ0v) is 12.9. The fraction of sp³-hybridized carbons (Fsp3) is 0.588. The van der Waals surface area contributed by atoms with Crippen molar-refractivity contribution in [3.8, 4) is 5.75 Å². The molecule has 3 N–H and O–H groups in total. The molecule has 0 unspecified atom stereocenters. The van der Waals surface area contributed by atoms with Crippen molar-refractivity contribution >= 4 is 11.6 Å². The van der Waals surface area contributed by atoms with E-state index in [0.717, 1.165) is 12.8 Å². The molecule has 1 aliphatic rings. The Morgan fingerprint density at radius 2 is 1.90 bits per heavy atom. The van der Waals surface area contributed by atoms with Crippen molar-refractivity contribution in [3.05, 3.63) is 23.8 Å². The zero-order chi connectivity index (χ0) is 15.1. The Morgan fingerprint density at radius 1 is 1.24 bits per heavy atom. The van der Waals surface area contributed by atoms with Gasteiger partial charge in [0.05, 0.1) is 6.61 Å². The first-order chi connectivity index (χ1) is 10.2. The van der Waals surface area contributed by atoms with Crippen molar-refractivity contribution in [2.75, 3.05) is 12.3 Å². The van der Waals surface area contributed by atoms with Crippen LogP contribution in [0.4, 0.5) is 5.69 Å². The Morgan fingerprint density at radius 3 is 2.57 bits per heavy atom. The normalized spacial score (nSPS) is 16.8. The molecular formula is C17H26N2O2. The lowest BCUT2D eigenvalue weighted by Gasteiger charge is -2.22. The Balaban J connectivity index is 2.08. The maximum absolute atomic E-state index is 12.6. The number of amides is 1. The van der Waals surface area contributed by atoms with Crippen LogP contribution in [-0.4, -0.2) is 18.6 Å². The second-order valence-corrected chi connectivity index (χ2v) is 5.67. The van der Waals surface area contributed by atoms with Crippen LogP contribution in [0.15, 0.2) is 18.2 Å². The molecule has 0 aliphatic heterocycles. The quantitative estimate of drug-likeness (QED) is 0.834. The van der Waals surface area contributed by atoms with Crippen LogP contribution in [0.5, 0.6) is 5.75 Å². The first-order valence-corrected chi connectivity index (χ1v) is 8.04. The van der Waals surface area contributed by atoms with Crippen LogP contribution in [0.25, 0.3) is 0 Å². The predicted molar refractivity (Wildman–Crippen MR) is 85.6 cm³/mol. The number of nitrogen functional groups attached to an aromatic ring is 1. The van der Waals surface area contributed by atoms with Crippen LogP contribution in [0.2, 0.25) is 0 Å². The van der Waals surface area contributed by atoms with Gasteiger partial charge in [-0.05, 0) is 31.9 Å². The lowest BCUT2D eigenvalue weighted by Crippen LogP contribution is -2.35. The van der Waals surface area contributed by atoms with Crippen molar-refractivity contribution < 1.29 is 9.53 Å². The molecule has 0 bridgehead atoms. The van der Waals surface area contributed by atoms with E-state index in [0.29, 0.717) is 23.6 Å². The number of benzene rings is 1. The number of rotatable bonds is 4. The van der Waals surface area contributed by atoms with Gasteiger partial charge in [0.25, 0.3) is 5.91 Å². The Labute approximate surface area is 127 Å².